The Morgan fingerprint density at radius 1 is 1.47 bits per heavy atom. The zero-order valence-electron chi connectivity index (χ0n) is 9.81. The van der Waals surface area contributed by atoms with Crippen molar-refractivity contribution in [1.29, 1.82) is 0 Å². The Morgan fingerprint density at radius 2 is 2.24 bits per heavy atom. The monoisotopic (exact) mass is 229 g/mol. The summed E-state index contributed by atoms with van der Waals surface area (Å²) in [5.41, 5.74) is 1.95. The van der Waals surface area contributed by atoms with Crippen molar-refractivity contribution in [2.45, 2.75) is 19.3 Å². The number of rotatable bonds is 3. The molecule has 1 aromatic heterocycles. The molecule has 3 rings (SSSR count). The van der Waals surface area contributed by atoms with E-state index in [9.17, 15) is 4.79 Å². The summed E-state index contributed by atoms with van der Waals surface area (Å²) in [5, 5.41) is 2.88. The number of hydrogen-bond donors (Lipinski definition) is 1. The van der Waals surface area contributed by atoms with Crippen molar-refractivity contribution < 1.29 is 4.79 Å². The van der Waals surface area contributed by atoms with E-state index in [1.807, 2.05) is 35.9 Å². The molecular weight excluding hydrogens is 214 g/mol. The number of aryl methyl sites for hydroxylation is 1. The minimum absolute atomic E-state index is 0.0749. The molecule has 0 unspecified atom stereocenters. The number of benzene rings is 1. The molecule has 1 aliphatic rings. The summed E-state index contributed by atoms with van der Waals surface area (Å²) in [7, 11) is 1.92. The van der Waals surface area contributed by atoms with Gasteiger partial charge >= 0.3 is 0 Å². The number of imidazole rings is 1. The normalized spacial score (nSPS) is 15.1. The lowest BCUT2D eigenvalue weighted by molar-refractivity contribution is -0.116. The van der Waals surface area contributed by atoms with Crippen molar-refractivity contribution in [1.82, 2.24) is 9.55 Å². The fourth-order valence-electron chi connectivity index (χ4n) is 2.02. The Morgan fingerprint density at radius 3 is 2.94 bits per heavy atom. The van der Waals surface area contributed by atoms with Crippen molar-refractivity contribution in [2.24, 2.45) is 13.0 Å². The Labute approximate surface area is 99.6 Å². The molecular formula is C13H15N3O. The van der Waals surface area contributed by atoms with Gasteiger partial charge in [-0.25, -0.2) is 4.98 Å². The maximum Gasteiger partial charge on any atom is 0.226 e. The van der Waals surface area contributed by atoms with Gasteiger partial charge in [0.15, 0.2) is 0 Å². The molecule has 4 heteroatoms. The van der Waals surface area contributed by atoms with Crippen LogP contribution in [0.3, 0.4) is 0 Å². The van der Waals surface area contributed by atoms with Gasteiger partial charge in [0, 0.05) is 13.5 Å². The lowest BCUT2D eigenvalue weighted by atomic mass is 10.3. The molecule has 1 fully saturated rings. The van der Waals surface area contributed by atoms with Crippen LogP contribution in [-0.2, 0) is 11.8 Å². The van der Waals surface area contributed by atoms with Crippen LogP contribution in [0.15, 0.2) is 24.3 Å². The highest BCUT2D eigenvalue weighted by molar-refractivity contribution is 5.91. The number of nitrogens with one attached hydrogen (secondary N) is 1. The van der Waals surface area contributed by atoms with Gasteiger partial charge in [0.25, 0.3) is 0 Å². The van der Waals surface area contributed by atoms with Crippen molar-refractivity contribution in [3.63, 3.8) is 0 Å². The number of fused-ring (bicyclic) bond motifs is 1. The van der Waals surface area contributed by atoms with Gasteiger partial charge in [-0.3, -0.25) is 10.1 Å². The lowest BCUT2D eigenvalue weighted by Crippen LogP contribution is -2.15. The summed E-state index contributed by atoms with van der Waals surface area (Å²) in [6, 6.07) is 7.87. The third-order valence-electron chi connectivity index (χ3n) is 3.21. The molecule has 0 atom stereocenters. The second-order valence-corrected chi connectivity index (χ2v) is 4.68. The second-order valence-electron chi connectivity index (χ2n) is 4.68. The Kier molecular flexibility index (Phi) is 2.35. The van der Waals surface area contributed by atoms with Crippen LogP contribution in [0.5, 0.6) is 0 Å². The molecule has 1 amide bonds. The Bertz CT molecular complexity index is 569. The van der Waals surface area contributed by atoms with Gasteiger partial charge in [0.1, 0.15) is 0 Å². The summed E-state index contributed by atoms with van der Waals surface area (Å²) >= 11 is 0. The largest absolute Gasteiger partial charge is 0.313 e. The fourth-order valence-corrected chi connectivity index (χ4v) is 2.02. The highest BCUT2D eigenvalue weighted by Gasteiger charge is 2.24. The first-order valence-electron chi connectivity index (χ1n) is 5.95. The topological polar surface area (TPSA) is 46.9 Å². The van der Waals surface area contributed by atoms with Crippen LogP contribution in [0, 0.1) is 5.92 Å². The summed E-state index contributed by atoms with van der Waals surface area (Å²) in [6.07, 6.45) is 3.01. The van der Waals surface area contributed by atoms with Crippen molar-refractivity contribution in [3.05, 3.63) is 24.3 Å². The molecule has 88 valence electrons. The molecule has 1 aliphatic carbocycles. The summed E-state index contributed by atoms with van der Waals surface area (Å²) in [5.74, 6) is 1.31. The van der Waals surface area contributed by atoms with Gasteiger partial charge in [0.05, 0.1) is 11.0 Å². The molecule has 1 aromatic carbocycles. The molecule has 0 bridgehead atoms. The molecule has 17 heavy (non-hydrogen) atoms. The quantitative estimate of drug-likeness (QED) is 0.877. The first kappa shape index (κ1) is 10.3. The number of nitrogens with zero attached hydrogens (tertiary/aromatic N) is 2. The van der Waals surface area contributed by atoms with Crippen LogP contribution in [0.25, 0.3) is 11.0 Å². The lowest BCUT2D eigenvalue weighted by Gasteiger charge is -2.04. The predicted molar refractivity (Wildman–Crippen MR) is 66.7 cm³/mol. The first-order chi connectivity index (χ1) is 8.24. The number of carbonyl (C=O) groups is 1. The van der Waals surface area contributed by atoms with E-state index in [2.05, 4.69) is 10.3 Å². The number of para-hydroxylation sites is 2. The zero-order chi connectivity index (χ0) is 11.8. The third-order valence-corrected chi connectivity index (χ3v) is 3.21. The van der Waals surface area contributed by atoms with Crippen LogP contribution in [0.1, 0.15) is 19.3 Å². The van der Waals surface area contributed by atoms with Crippen LogP contribution in [0.4, 0.5) is 5.95 Å². The smallest absolute Gasteiger partial charge is 0.226 e. The van der Waals surface area contributed by atoms with Gasteiger partial charge < -0.3 is 4.57 Å². The maximum absolute atomic E-state index is 11.7. The molecule has 0 spiro atoms. The maximum atomic E-state index is 11.7. The van der Waals surface area contributed by atoms with E-state index in [0.717, 1.165) is 11.0 Å². The van der Waals surface area contributed by atoms with E-state index in [4.69, 9.17) is 0 Å². The number of aromatic nitrogens is 2. The van der Waals surface area contributed by atoms with Crippen LogP contribution >= 0.6 is 0 Å². The van der Waals surface area contributed by atoms with Gasteiger partial charge in [-0.1, -0.05) is 12.1 Å². The Hall–Kier alpha value is -1.84. The van der Waals surface area contributed by atoms with Crippen LogP contribution in [0.2, 0.25) is 0 Å². The van der Waals surface area contributed by atoms with Crippen LogP contribution < -0.4 is 5.32 Å². The predicted octanol–water partition coefficient (Wildman–Crippen LogP) is 2.31. The van der Waals surface area contributed by atoms with E-state index in [1.165, 1.54) is 12.8 Å². The zero-order valence-corrected chi connectivity index (χ0v) is 9.81. The second kappa shape index (κ2) is 3.87. The van der Waals surface area contributed by atoms with Crippen molar-refractivity contribution in [3.8, 4) is 0 Å². The molecule has 2 aromatic rings. The fraction of sp³-hybridized carbons (Fsp3) is 0.385. The average Bonchev–Trinajstić information content (AvgIpc) is 3.06. The van der Waals surface area contributed by atoms with Gasteiger partial charge in [-0.05, 0) is 30.9 Å². The minimum atomic E-state index is 0.0749. The average molecular weight is 229 g/mol. The Balaban J connectivity index is 1.84. The highest BCUT2D eigenvalue weighted by atomic mass is 16.1. The minimum Gasteiger partial charge on any atom is -0.313 e. The molecule has 0 aliphatic heterocycles. The molecule has 0 saturated heterocycles. The van der Waals surface area contributed by atoms with Gasteiger partial charge in [-0.2, -0.15) is 0 Å². The highest BCUT2D eigenvalue weighted by Crippen LogP contribution is 2.32. The van der Waals surface area contributed by atoms with E-state index < -0.39 is 0 Å². The summed E-state index contributed by atoms with van der Waals surface area (Å²) in [4.78, 5) is 16.1. The third kappa shape index (κ3) is 2.02. The van der Waals surface area contributed by atoms with E-state index in [0.29, 0.717) is 18.3 Å². The summed E-state index contributed by atoms with van der Waals surface area (Å²) in [6.45, 7) is 0. The SMILES string of the molecule is Cn1c(NC(=O)CC2CC2)nc2ccccc21. The van der Waals surface area contributed by atoms with Crippen LogP contribution in [-0.4, -0.2) is 15.5 Å². The number of carbonyl (C=O) groups excluding carboxylic acids is 1. The van der Waals surface area contributed by atoms with Gasteiger partial charge in [0.2, 0.25) is 11.9 Å². The first-order valence-corrected chi connectivity index (χ1v) is 5.95. The molecule has 1 N–H and O–H groups in total. The van der Waals surface area contributed by atoms with Gasteiger partial charge in [-0.15, -0.1) is 0 Å². The number of hydrogen-bond acceptors (Lipinski definition) is 2. The molecule has 1 heterocycles. The van der Waals surface area contributed by atoms with Crippen molar-refractivity contribution in [2.75, 3.05) is 5.32 Å². The number of amides is 1. The van der Waals surface area contributed by atoms with Crippen molar-refractivity contribution >= 4 is 22.9 Å². The molecule has 0 radical (unpaired) electrons. The van der Waals surface area contributed by atoms with E-state index in [1.54, 1.807) is 0 Å². The standard InChI is InChI=1S/C13H15N3O/c1-16-11-5-3-2-4-10(11)14-13(16)15-12(17)8-9-6-7-9/h2-5,9H,6-8H2,1H3,(H,14,15,17). The summed E-state index contributed by atoms with van der Waals surface area (Å²) < 4.78 is 1.92. The molecule has 4 nitrogen and oxygen atoms in total. The van der Waals surface area contributed by atoms with E-state index in [-0.39, 0.29) is 5.91 Å². The number of anilines is 1. The molecule has 1 saturated carbocycles. The van der Waals surface area contributed by atoms with E-state index >= 15 is 0 Å².